The molecule has 0 spiro atoms. The van der Waals surface area contributed by atoms with E-state index >= 15 is 0 Å². The first-order valence-electron chi connectivity index (χ1n) is 27.4. The molecule has 0 saturated heterocycles. The zero-order valence-electron chi connectivity index (χ0n) is 49.3. The van der Waals surface area contributed by atoms with E-state index in [4.69, 9.17) is 23.0 Å². The van der Waals surface area contributed by atoms with Crippen LogP contribution in [0.2, 0.25) is 6.82 Å². The Bertz CT molecular complexity index is 3850. The fourth-order valence-corrected chi connectivity index (χ4v) is 9.83. The molecule has 67 heavy (non-hydrogen) atoms. The van der Waals surface area contributed by atoms with Gasteiger partial charge < -0.3 is 0 Å². The Hall–Kier alpha value is -6.50. The zero-order chi connectivity index (χ0) is 55.7. The van der Waals surface area contributed by atoms with Gasteiger partial charge in [0, 0.05) is 11.6 Å². The summed E-state index contributed by atoms with van der Waals surface area (Å²) in [4.78, 5) is 7.13. The molecule has 4 heterocycles. The van der Waals surface area contributed by atoms with Crippen LogP contribution in [0, 0.1) is 3.80 Å². The monoisotopic (exact) mass is 1070 g/mol. The maximum atomic E-state index is 9.32. The van der Waals surface area contributed by atoms with Crippen LogP contribution in [0.5, 0.6) is 11.5 Å². The first-order valence-corrected chi connectivity index (χ1v) is 23.5. The number of anilines is 2. The molecule has 9 aromatic rings. The van der Waals surface area contributed by atoms with E-state index in [9.17, 15) is 5.48 Å². The molecule has 0 aliphatic carbocycles. The number of ether oxygens (including phenoxy) is 1. The molecule has 9 heteroatoms. The average Bonchev–Trinajstić information content (AvgIpc) is 3.99. The SMILES string of the molecule is [2H]c1c([2H])c([2H])c(-c2cc(C(C)(C)C)cc(-c3c([2H])c([2H])c([2H])c([2H])c3[2H])c2-n2[c](=[Pt])n(-c3cccc(Oc4ccc5c(c4)N(c4cc(C(C)(C)C)ccn4)B(C)n4nc(C(C)(C)C)cc4-5)c3)c3ccccc32)c([2H])c1[2H]. The Morgan fingerprint density at radius 2 is 1.21 bits per heavy atom. The second-order valence-corrected chi connectivity index (χ2v) is 21.1. The molecule has 0 atom stereocenters. The van der Waals surface area contributed by atoms with Crippen LogP contribution in [0.4, 0.5) is 11.5 Å². The number of fused-ring (bicyclic) bond motifs is 4. The number of hydrogen-bond acceptors (Lipinski definition) is 4. The molecule has 0 unspecified atom stereocenters. The topological polar surface area (TPSA) is 53.0 Å². The summed E-state index contributed by atoms with van der Waals surface area (Å²) in [5.74, 6) is 1.89. The molecule has 1 aliphatic heterocycles. The van der Waals surface area contributed by atoms with E-state index in [1.165, 1.54) is 0 Å². The van der Waals surface area contributed by atoms with Crippen molar-refractivity contribution >= 4 is 29.5 Å². The van der Waals surface area contributed by atoms with E-state index in [-0.39, 0.29) is 45.8 Å². The van der Waals surface area contributed by atoms with Crippen LogP contribution >= 0.6 is 0 Å². The van der Waals surface area contributed by atoms with Gasteiger partial charge in [0.05, 0.1) is 5.69 Å². The Morgan fingerprint density at radius 1 is 0.597 bits per heavy atom. The predicted octanol–water partition coefficient (Wildman–Crippen LogP) is 14.9. The molecule has 6 aromatic carbocycles. The molecule has 0 fully saturated rings. The molecule has 0 radical (unpaired) electrons. The summed E-state index contributed by atoms with van der Waals surface area (Å²) in [5, 5.41) is 5.15. The number of benzene rings is 6. The normalized spacial score (nSPS) is 15.0. The van der Waals surface area contributed by atoms with E-state index in [0.29, 0.717) is 37.6 Å². The van der Waals surface area contributed by atoms with Crippen molar-refractivity contribution in [2.75, 3.05) is 4.81 Å². The van der Waals surface area contributed by atoms with Gasteiger partial charge in [-0.2, -0.15) is 5.10 Å². The number of hydrogen-bond donors (Lipinski definition) is 0. The van der Waals surface area contributed by atoms with Gasteiger partial charge in [-0.25, -0.2) is 0 Å². The maximum absolute atomic E-state index is 9.32. The van der Waals surface area contributed by atoms with Crippen LogP contribution in [-0.2, 0) is 35.6 Å². The average molecular weight is 1070 g/mol. The molecule has 0 N–H and O–H groups in total. The second-order valence-electron chi connectivity index (χ2n) is 20.1. The summed E-state index contributed by atoms with van der Waals surface area (Å²) in [7, 11) is 0. The van der Waals surface area contributed by atoms with E-state index in [1.807, 2.05) is 96.8 Å². The van der Waals surface area contributed by atoms with Gasteiger partial charge in [0.2, 0.25) is 0 Å². The Labute approximate surface area is 420 Å². The van der Waals surface area contributed by atoms with Gasteiger partial charge in [-0.1, -0.05) is 41.5 Å². The fraction of sp³-hybridized carbons (Fsp3) is 0.224. The predicted molar refractivity (Wildman–Crippen MR) is 274 cm³/mol. The third-order valence-corrected chi connectivity index (χ3v) is 13.4. The summed E-state index contributed by atoms with van der Waals surface area (Å²) in [6.07, 6.45) is 1.86. The molecule has 0 amide bonds. The Morgan fingerprint density at radius 3 is 1.82 bits per heavy atom. The first-order chi connectivity index (χ1) is 36.1. The van der Waals surface area contributed by atoms with E-state index in [0.717, 1.165) is 34.0 Å². The number of pyridine rings is 1. The number of aromatic nitrogens is 5. The van der Waals surface area contributed by atoms with Crippen molar-refractivity contribution in [3.05, 3.63) is 184 Å². The second kappa shape index (κ2) is 16.7. The third-order valence-electron chi connectivity index (χ3n) is 12.3. The number of rotatable bonds is 7. The van der Waals surface area contributed by atoms with Gasteiger partial charge in [0.25, 0.3) is 0 Å². The van der Waals surface area contributed by atoms with Crippen molar-refractivity contribution in [2.45, 2.75) is 85.4 Å². The standard InChI is InChI=1S/C58H57BN6O.Pt/c1-56(2,3)41-30-31-60-54(34-41)64-51-36-45(28-29-46(51)52-37-53(58(7,8)9)61-65(52)59(64)10)66-44-25-19-24-43(35-44)62-38-63(50-27-18-17-26-49(50)62)55-47(39-20-13-11-14-21-39)32-42(57(4,5)6)33-48(55)40-22-15-12-16-23-40;/h11-37H,1-10H3;/i11D,12D,13D,14D,15D,16D,20D,21D,22D,23D;. The molecule has 10 rings (SSSR count). The molecule has 7 nitrogen and oxygen atoms in total. The molecule has 0 bridgehead atoms. The van der Waals surface area contributed by atoms with Crippen LogP contribution in [0.1, 0.15) is 92.8 Å². The van der Waals surface area contributed by atoms with Gasteiger partial charge in [-0.3, -0.25) is 0 Å². The van der Waals surface area contributed by atoms with Gasteiger partial charge in [-0.15, -0.1) is 0 Å². The van der Waals surface area contributed by atoms with Crippen LogP contribution in [-0.4, -0.2) is 30.8 Å². The quantitative estimate of drug-likeness (QED) is 0.149. The summed E-state index contributed by atoms with van der Waals surface area (Å²) >= 11 is 2.20. The Balaban J connectivity index is 1.19. The van der Waals surface area contributed by atoms with E-state index in [2.05, 4.69) is 101 Å². The van der Waals surface area contributed by atoms with Gasteiger partial charge in [0.15, 0.2) is 0 Å². The number of imidazole rings is 1. The minimum atomic E-state index is -0.629. The van der Waals surface area contributed by atoms with Crippen molar-refractivity contribution in [3.8, 4) is 56.4 Å². The summed E-state index contributed by atoms with van der Waals surface area (Å²) in [6, 6.07) is 26.2. The van der Waals surface area contributed by atoms with Crippen LogP contribution in [0.15, 0.2) is 164 Å². The van der Waals surface area contributed by atoms with Crippen molar-refractivity contribution in [1.29, 1.82) is 0 Å². The van der Waals surface area contributed by atoms with E-state index < -0.39 is 65.8 Å². The molecule has 1 aliphatic rings. The summed E-state index contributed by atoms with van der Waals surface area (Å²) < 4.78 is 103. The zero-order valence-corrected chi connectivity index (χ0v) is 41.6. The van der Waals surface area contributed by atoms with Crippen molar-refractivity contribution in [2.24, 2.45) is 0 Å². The molecular formula is C58H57BN6OPt. The van der Waals surface area contributed by atoms with E-state index in [1.54, 1.807) is 12.1 Å². The summed E-state index contributed by atoms with van der Waals surface area (Å²) in [6.45, 7) is 20.8. The molecule has 0 saturated carbocycles. The van der Waals surface area contributed by atoms with Gasteiger partial charge in [0.1, 0.15) is 0 Å². The van der Waals surface area contributed by atoms with Crippen molar-refractivity contribution in [3.63, 3.8) is 0 Å². The van der Waals surface area contributed by atoms with Crippen LogP contribution in [0.3, 0.4) is 0 Å². The van der Waals surface area contributed by atoms with Crippen molar-refractivity contribution in [1.82, 2.24) is 23.8 Å². The molecular weight excluding hydrogens is 1000 g/mol. The van der Waals surface area contributed by atoms with Gasteiger partial charge >= 0.3 is 341 Å². The summed E-state index contributed by atoms with van der Waals surface area (Å²) in [5.41, 5.74) is 7.23. The number of nitrogens with zero attached hydrogens (tertiary/aromatic N) is 6. The van der Waals surface area contributed by atoms with Gasteiger partial charge in [-0.05, 0) is 17.0 Å². The van der Waals surface area contributed by atoms with Crippen LogP contribution in [0.25, 0.3) is 55.9 Å². The number of para-hydroxylation sites is 2. The van der Waals surface area contributed by atoms with Crippen LogP contribution < -0.4 is 9.55 Å². The molecule has 3 aromatic heterocycles. The third kappa shape index (κ3) is 8.14. The Kier molecular flexibility index (Phi) is 8.44. The van der Waals surface area contributed by atoms with Crippen molar-refractivity contribution < 1.29 is 37.8 Å². The molecule has 338 valence electrons. The minimum absolute atomic E-state index is 0.101. The first kappa shape index (κ1) is 33.9. The fourth-order valence-electron chi connectivity index (χ4n) is 8.73.